The van der Waals surface area contributed by atoms with E-state index in [9.17, 15) is 8.42 Å². The Morgan fingerprint density at radius 3 is 1.60 bits per heavy atom. The van der Waals surface area contributed by atoms with E-state index in [0.717, 1.165) is 0 Å². The van der Waals surface area contributed by atoms with Crippen molar-refractivity contribution in [3.8, 4) is 0 Å². The molecule has 15 heavy (non-hydrogen) atoms. The Balaban J connectivity index is 0.000000336. The fourth-order valence-corrected chi connectivity index (χ4v) is 1.15. The van der Waals surface area contributed by atoms with Crippen LogP contribution in [-0.2, 0) is 14.6 Å². The molecule has 0 unspecified atom stereocenters. The van der Waals surface area contributed by atoms with Gasteiger partial charge in [0.15, 0.2) is 0 Å². The normalized spacial score (nSPS) is 11.5. The lowest BCUT2D eigenvalue weighted by Gasteiger charge is -1.93. The van der Waals surface area contributed by atoms with Gasteiger partial charge in [-0.3, -0.25) is 0 Å². The van der Waals surface area contributed by atoms with Crippen LogP contribution >= 0.6 is 7.82 Å². The summed E-state index contributed by atoms with van der Waals surface area (Å²) < 4.78 is 30.1. The molecule has 0 amide bonds. The molecule has 1 aromatic rings. The van der Waals surface area contributed by atoms with E-state index in [1.807, 2.05) is 0 Å². The van der Waals surface area contributed by atoms with Gasteiger partial charge in [-0.2, -0.15) is 0 Å². The van der Waals surface area contributed by atoms with Gasteiger partial charge in [-0.15, -0.1) is 0 Å². The van der Waals surface area contributed by atoms with Crippen LogP contribution in [0.25, 0.3) is 0 Å². The summed E-state index contributed by atoms with van der Waals surface area (Å²) in [7, 11) is -8.14. The maximum Gasteiger partial charge on any atom is 0.466 e. The fourth-order valence-electron chi connectivity index (χ4n) is 0.610. The molecule has 0 spiro atoms. The second kappa shape index (κ2) is 5.36. The van der Waals surface area contributed by atoms with Crippen molar-refractivity contribution in [3.05, 3.63) is 30.3 Å². The average Bonchev–Trinajstić information content (AvgIpc) is 2.01. The molecule has 0 saturated carbocycles. The van der Waals surface area contributed by atoms with E-state index in [0.29, 0.717) is 0 Å². The molecule has 0 aliphatic heterocycles. The van der Waals surface area contributed by atoms with Gasteiger partial charge in [-0.1, -0.05) is 18.2 Å². The first-order valence-corrected chi connectivity index (χ1v) is 6.58. The third-order valence-corrected chi connectivity index (χ3v) is 2.00. The molecule has 1 aromatic carbocycles. The highest BCUT2D eigenvalue weighted by molar-refractivity contribution is 7.89. The van der Waals surface area contributed by atoms with E-state index >= 15 is 0 Å². The molecule has 0 aliphatic rings. The van der Waals surface area contributed by atoms with E-state index in [2.05, 4.69) is 0 Å². The lowest BCUT2D eigenvalue weighted by Crippen LogP contribution is -2.11. The Bertz CT molecular complexity index is 430. The summed E-state index contributed by atoms with van der Waals surface area (Å²) in [6.45, 7) is 0. The third kappa shape index (κ3) is 9.54. The van der Waals surface area contributed by atoms with Crippen molar-refractivity contribution in [3.63, 3.8) is 0 Å². The number of rotatable bonds is 1. The Morgan fingerprint density at radius 1 is 1.07 bits per heavy atom. The van der Waals surface area contributed by atoms with Gasteiger partial charge in [0.25, 0.3) is 0 Å². The highest BCUT2D eigenvalue weighted by Gasteiger charge is 2.03. The van der Waals surface area contributed by atoms with Gasteiger partial charge in [-0.25, -0.2) is 18.1 Å². The monoisotopic (exact) mass is 255 g/mol. The Kier molecular flexibility index (Phi) is 5.09. The van der Waals surface area contributed by atoms with Crippen molar-refractivity contribution in [2.45, 2.75) is 4.90 Å². The Morgan fingerprint density at radius 2 is 1.40 bits per heavy atom. The van der Waals surface area contributed by atoms with Gasteiger partial charge in [0.2, 0.25) is 10.0 Å². The van der Waals surface area contributed by atoms with Gasteiger partial charge in [0, 0.05) is 0 Å². The summed E-state index contributed by atoms with van der Waals surface area (Å²) in [4.78, 5) is 21.7. The van der Waals surface area contributed by atoms with Crippen molar-refractivity contribution < 1.29 is 27.7 Å². The standard InChI is InChI=1S/C6H7NO2S.H3O4P/c7-10(8,9)6-4-2-1-3-5-6;1-5(2,3)4/h1-5H,(H2,7,8,9);(H3,1,2,3,4). The van der Waals surface area contributed by atoms with Gasteiger partial charge in [-0.05, 0) is 12.1 Å². The Labute approximate surface area is 86.5 Å². The molecule has 0 aliphatic carbocycles. The molecular weight excluding hydrogens is 245 g/mol. The largest absolute Gasteiger partial charge is 0.466 e. The number of hydrogen-bond acceptors (Lipinski definition) is 3. The van der Waals surface area contributed by atoms with Gasteiger partial charge < -0.3 is 14.7 Å². The Hall–Kier alpha value is -0.760. The smallest absolute Gasteiger partial charge is 0.303 e. The zero-order chi connectivity index (χ0) is 12.1. The van der Waals surface area contributed by atoms with Gasteiger partial charge in [0.05, 0.1) is 4.90 Å². The van der Waals surface area contributed by atoms with Crippen LogP contribution in [0.1, 0.15) is 0 Å². The van der Waals surface area contributed by atoms with Crippen LogP contribution in [0.4, 0.5) is 0 Å². The van der Waals surface area contributed by atoms with Crippen molar-refractivity contribution >= 4 is 17.8 Å². The first-order valence-electron chi connectivity index (χ1n) is 3.47. The highest BCUT2D eigenvalue weighted by atomic mass is 32.2. The number of primary sulfonamides is 1. The minimum Gasteiger partial charge on any atom is -0.303 e. The quantitative estimate of drug-likeness (QED) is 0.494. The first kappa shape index (κ1) is 14.2. The predicted molar refractivity (Wildman–Crippen MR) is 52.1 cm³/mol. The molecule has 86 valence electrons. The van der Waals surface area contributed by atoms with Crippen molar-refractivity contribution in [2.75, 3.05) is 0 Å². The number of phosphoric acid groups is 1. The topological polar surface area (TPSA) is 138 Å². The van der Waals surface area contributed by atoms with Gasteiger partial charge in [0.1, 0.15) is 0 Å². The predicted octanol–water partition coefficient (Wildman–Crippen LogP) is -0.595. The molecular formula is C6H10NO6PS. The van der Waals surface area contributed by atoms with E-state index in [1.165, 1.54) is 12.1 Å². The number of sulfonamides is 1. The minimum absolute atomic E-state index is 0.148. The second-order valence-electron chi connectivity index (χ2n) is 2.37. The summed E-state index contributed by atoms with van der Waals surface area (Å²) >= 11 is 0. The molecule has 0 fully saturated rings. The van der Waals surface area contributed by atoms with E-state index in [4.69, 9.17) is 24.4 Å². The van der Waals surface area contributed by atoms with Crippen molar-refractivity contribution in [1.29, 1.82) is 0 Å². The number of benzene rings is 1. The summed E-state index contributed by atoms with van der Waals surface area (Å²) in [6, 6.07) is 7.89. The van der Waals surface area contributed by atoms with Crippen LogP contribution in [0, 0.1) is 0 Å². The van der Waals surface area contributed by atoms with Crippen LogP contribution in [0.2, 0.25) is 0 Å². The first-order chi connectivity index (χ1) is 6.61. The summed E-state index contributed by atoms with van der Waals surface area (Å²) in [5.74, 6) is 0. The number of hydrogen-bond donors (Lipinski definition) is 4. The van der Waals surface area contributed by atoms with Crippen molar-refractivity contribution in [1.82, 2.24) is 0 Å². The summed E-state index contributed by atoms with van der Waals surface area (Å²) in [6.07, 6.45) is 0. The second-order valence-corrected chi connectivity index (χ2v) is 4.96. The molecule has 0 aromatic heterocycles. The average molecular weight is 255 g/mol. The molecule has 0 atom stereocenters. The van der Waals surface area contributed by atoms with E-state index in [-0.39, 0.29) is 4.90 Å². The maximum absolute atomic E-state index is 10.6. The van der Waals surface area contributed by atoms with Crippen LogP contribution < -0.4 is 5.14 Å². The third-order valence-electron chi connectivity index (χ3n) is 1.07. The van der Waals surface area contributed by atoms with Crippen LogP contribution in [0.5, 0.6) is 0 Å². The summed E-state index contributed by atoms with van der Waals surface area (Å²) in [5, 5.41) is 4.83. The fraction of sp³-hybridized carbons (Fsp3) is 0. The molecule has 0 saturated heterocycles. The molecule has 5 N–H and O–H groups in total. The van der Waals surface area contributed by atoms with E-state index in [1.54, 1.807) is 18.2 Å². The van der Waals surface area contributed by atoms with Crippen LogP contribution in [-0.4, -0.2) is 23.1 Å². The SMILES string of the molecule is NS(=O)(=O)c1ccccc1.O=P(O)(O)O. The van der Waals surface area contributed by atoms with Crippen LogP contribution in [0.3, 0.4) is 0 Å². The maximum atomic E-state index is 10.6. The highest BCUT2D eigenvalue weighted by Crippen LogP contribution is 2.25. The lowest BCUT2D eigenvalue weighted by atomic mass is 10.4. The molecule has 1 rings (SSSR count). The van der Waals surface area contributed by atoms with Gasteiger partial charge >= 0.3 is 7.82 Å². The summed E-state index contributed by atoms with van der Waals surface area (Å²) in [5.41, 5.74) is 0. The zero-order valence-electron chi connectivity index (χ0n) is 7.39. The molecule has 9 heteroatoms. The van der Waals surface area contributed by atoms with Crippen molar-refractivity contribution in [2.24, 2.45) is 5.14 Å². The molecule has 0 heterocycles. The molecule has 0 bridgehead atoms. The van der Waals surface area contributed by atoms with E-state index < -0.39 is 17.8 Å². The lowest BCUT2D eigenvalue weighted by molar-refractivity contribution is 0.275. The van der Waals surface area contributed by atoms with Crippen LogP contribution in [0.15, 0.2) is 35.2 Å². The zero-order valence-corrected chi connectivity index (χ0v) is 9.10. The molecule has 7 nitrogen and oxygen atoms in total. The minimum atomic E-state index is -4.64. The molecule has 0 radical (unpaired) electrons. The number of nitrogens with two attached hydrogens (primary N) is 1.